The van der Waals surface area contributed by atoms with Crippen LogP contribution in [-0.2, 0) is 29.9 Å². The predicted molar refractivity (Wildman–Crippen MR) is 84.1 cm³/mol. The molecular formula is C13H20N4O2S2. The quantitative estimate of drug-likeness (QED) is 0.750. The molecule has 116 valence electrons. The van der Waals surface area contributed by atoms with Crippen LogP contribution in [0.15, 0.2) is 28.7 Å². The molecule has 0 amide bonds. The third kappa shape index (κ3) is 4.63. The van der Waals surface area contributed by atoms with E-state index in [2.05, 4.69) is 15.1 Å². The monoisotopic (exact) mass is 328 g/mol. The van der Waals surface area contributed by atoms with Crippen molar-refractivity contribution in [2.24, 2.45) is 7.05 Å². The van der Waals surface area contributed by atoms with Crippen molar-refractivity contribution in [3.8, 4) is 0 Å². The summed E-state index contributed by atoms with van der Waals surface area (Å²) in [6.45, 7) is 1.21. The summed E-state index contributed by atoms with van der Waals surface area (Å²) in [5.41, 5.74) is 1.01. The number of aromatic nitrogens is 2. The largest absolute Gasteiger partial charge is 0.319 e. The molecule has 2 rings (SSSR count). The lowest BCUT2D eigenvalue weighted by Crippen LogP contribution is -2.25. The van der Waals surface area contributed by atoms with Crippen molar-refractivity contribution < 1.29 is 8.42 Å². The number of nitrogens with zero attached hydrogens (tertiary/aromatic N) is 2. The van der Waals surface area contributed by atoms with Crippen LogP contribution in [-0.4, -0.2) is 38.3 Å². The fourth-order valence-electron chi connectivity index (χ4n) is 1.89. The number of aryl methyl sites for hydroxylation is 1. The number of nitrogens with one attached hydrogen (secondary N) is 2. The lowest BCUT2D eigenvalue weighted by molar-refractivity contribution is 0.584. The minimum atomic E-state index is -3.41. The van der Waals surface area contributed by atoms with Crippen LogP contribution in [0.4, 0.5) is 0 Å². The van der Waals surface area contributed by atoms with Gasteiger partial charge in [0.1, 0.15) is 4.21 Å². The summed E-state index contributed by atoms with van der Waals surface area (Å²) in [6, 6.07) is 3.54. The van der Waals surface area contributed by atoms with E-state index in [0.717, 1.165) is 23.4 Å². The lowest BCUT2D eigenvalue weighted by Gasteiger charge is -2.03. The first-order valence-corrected chi connectivity index (χ1v) is 9.02. The summed E-state index contributed by atoms with van der Waals surface area (Å²) in [4.78, 5) is 1.07. The smallest absolute Gasteiger partial charge is 0.250 e. The van der Waals surface area contributed by atoms with Gasteiger partial charge in [0.2, 0.25) is 10.0 Å². The second-order valence-electron chi connectivity index (χ2n) is 4.74. The highest BCUT2D eigenvalue weighted by Gasteiger charge is 2.16. The minimum Gasteiger partial charge on any atom is -0.319 e. The van der Waals surface area contributed by atoms with Gasteiger partial charge in [0.25, 0.3) is 0 Å². The van der Waals surface area contributed by atoms with Crippen LogP contribution in [0.3, 0.4) is 0 Å². The lowest BCUT2D eigenvalue weighted by atomic mass is 10.3. The summed E-state index contributed by atoms with van der Waals surface area (Å²) in [6.07, 6.45) is 5.10. The Morgan fingerprint density at radius 2 is 2.10 bits per heavy atom. The van der Waals surface area contributed by atoms with Crippen molar-refractivity contribution in [3.63, 3.8) is 0 Å². The molecule has 6 nitrogen and oxygen atoms in total. The number of thiophene rings is 1. The number of hydrogen-bond donors (Lipinski definition) is 2. The molecule has 0 radical (unpaired) electrons. The van der Waals surface area contributed by atoms with Gasteiger partial charge in [-0.2, -0.15) is 5.10 Å². The van der Waals surface area contributed by atoms with Crippen molar-refractivity contribution in [2.75, 3.05) is 20.1 Å². The third-order valence-electron chi connectivity index (χ3n) is 2.99. The van der Waals surface area contributed by atoms with Crippen LogP contribution in [0.1, 0.15) is 10.4 Å². The van der Waals surface area contributed by atoms with E-state index in [9.17, 15) is 8.42 Å². The molecule has 2 heterocycles. The Bertz CT molecular complexity index is 676. The maximum Gasteiger partial charge on any atom is 0.250 e. The number of hydrogen-bond acceptors (Lipinski definition) is 5. The zero-order valence-corrected chi connectivity index (χ0v) is 13.8. The Morgan fingerprint density at radius 3 is 2.76 bits per heavy atom. The van der Waals surface area contributed by atoms with E-state index in [4.69, 9.17) is 0 Å². The van der Waals surface area contributed by atoms with Gasteiger partial charge >= 0.3 is 0 Å². The van der Waals surface area contributed by atoms with Gasteiger partial charge in [0.15, 0.2) is 0 Å². The summed E-state index contributed by atoms with van der Waals surface area (Å²) in [5.74, 6) is 0. The Kier molecular flexibility index (Phi) is 5.51. The van der Waals surface area contributed by atoms with E-state index in [0.29, 0.717) is 17.2 Å². The van der Waals surface area contributed by atoms with Crippen LogP contribution in [0.25, 0.3) is 0 Å². The van der Waals surface area contributed by atoms with Gasteiger partial charge < -0.3 is 5.32 Å². The molecule has 21 heavy (non-hydrogen) atoms. The summed E-state index contributed by atoms with van der Waals surface area (Å²) in [7, 11) is 0.313. The second-order valence-corrected chi connectivity index (χ2v) is 7.91. The third-order valence-corrected chi connectivity index (χ3v) is 6.09. The van der Waals surface area contributed by atoms with Gasteiger partial charge in [0.05, 0.1) is 6.20 Å². The number of sulfonamides is 1. The van der Waals surface area contributed by atoms with E-state index in [1.165, 1.54) is 11.3 Å². The molecule has 0 bridgehead atoms. The molecule has 8 heteroatoms. The van der Waals surface area contributed by atoms with Crippen molar-refractivity contribution >= 4 is 21.4 Å². The molecule has 0 aromatic carbocycles. The molecule has 2 aromatic rings. The van der Waals surface area contributed by atoms with E-state index in [1.54, 1.807) is 16.9 Å². The minimum absolute atomic E-state index is 0.373. The Balaban J connectivity index is 1.90. The molecule has 0 aliphatic carbocycles. The van der Waals surface area contributed by atoms with Crippen molar-refractivity contribution in [3.05, 3.63) is 35.0 Å². The normalized spacial score (nSPS) is 11.9. The van der Waals surface area contributed by atoms with Crippen LogP contribution in [0, 0.1) is 0 Å². The molecule has 0 saturated carbocycles. The topological polar surface area (TPSA) is 76.0 Å². The van der Waals surface area contributed by atoms with Gasteiger partial charge in [-0.3, -0.25) is 4.68 Å². The average molecular weight is 328 g/mol. The van der Waals surface area contributed by atoms with Gasteiger partial charge in [-0.15, -0.1) is 11.3 Å². The molecule has 0 atom stereocenters. The van der Waals surface area contributed by atoms with Gasteiger partial charge in [0, 0.05) is 24.7 Å². The Hall–Kier alpha value is -1.22. The van der Waals surface area contributed by atoms with E-state index in [1.807, 2.05) is 26.4 Å². The highest BCUT2D eigenvalue weighted by atomic mass is 32.2. The van der Waals surface area contributed by atoms with Crippen molar-refractivity contribution in [1.82, 2.24) is 19.8 Å². The second kappa shape index (κ2) is 7.17. The summed E-state index contributed by atoms with van der Waals surface area (Å²) >= 11 is 1.32. The number of likely N-dealkylation sites (N-methyl/N-ethyl adjacent to an activating group) is 1. The van der Waals surface area contributed by atoms with Gasteiger partial charge in [-0.05, 0) is 44.1 Å². The molecule has 2 aromatic heterocycles. The standard InChI is InChI=1S/C13H20N4O2S2/c1-14-7-6-12-3-4-13(20-12)21(18,19)16-8-5-11-9-15-17(2)10-11/h3-4,9-10,14,16H,5-8H2,1-2H3. The summed E-state index contributed by atoms with van der Waals surface area (Å²) < 4.78 is 29.1. The predicted octanol–water partition coefficient (Wildman–Crippen LogP) is 0.764. The molecule has 0 unspecified atom stereocenters. The SMILES string of the molecule is CNCCc1ccc(S(=O)(=O)NCCc2cnn(C)c2)s1. The van der Waals surface area contributed by atoms with Crippen molar-refractivity contribution in [2.45, 2.75) is 17.1 Å². The van der Waals surface area contributed by atoms with E-state index >= 15 is 0 Å². The fourth-order valence-corrected chi connectivity index (χ4v) is 4.32. The van der Waals surface area contributed by atoms with Crippen LogP contribution < -0.4 is 10.0 Å². The molecule has 0 aliphatic rings. The van der Waals surface area contributed by atoms with Crippen LogP contribution in [0.5, 0.6) is 0 Å². The van der Waals surface area contributed by atoms with Gasteiger partial charge in [-0.25, -0.2) is 13.1 Å². The number of rotatable bonds is 8. The first-order chi connectivity index (χ1) is 10.0. The van der Waals surface area contributed by atoms with Crippen LogP contribution >= 0.6 is 11.3 Å². The maximum atomic E-state index is 12.2. The van der Waals surface area contributed by atoms with E-state index in [-0.39, 0.29) is 0 Å². The highest BCUT2D eigenvalue weighted by molar-refractivity contribution is 7.91. The first-order valence-electron chi connectivity index (χ1n) is 6.72. The molecule has 0 aliphatic heterocycles. The molecule has 0 saturated heterocycles. The summed E-state index contributed by atoms with van der Waals surface area (Å²) in [5, 5.41) is 7.11. The van der Waals surface area contributed by atoms with Crippen molar-refractivity contribution in [1.29, 1.82) is 0 Å². The van der Waals surface area contributed by atoms with Crippen LogP contribution in [0.2, 0.25) is 0 Å². The average Bonchev–Trinajstić information content (AvgIpc) is 3.06. The molecule has 2 N–H and O–H groups in total. The molecule has 0 fully saturated rings. The highest BCUT2D eigenvalue weighted by Crippen LogP contribution is 2.21. The van der Waals surface area contributed by atoms with E-state index < -0.39 is 10.0 Å². The fraction of sp³-hybridized carbons (Fsp3) is 0.462. The maximum absolute atomic E-state index is 12.2. The Labute approximate surface area is 129 Å². The van der Waals surface area contributed by atoms with Gasteiger partial charge in [-0.1, -0.05) is 0 Å². The molecule has 0 spiro atoms. The Morgan fingerprint density at radius 1 is 1.29 bits per heavy atom. The first kappa shape index (κ1) is 16.2. The zero-order chi connectivity index (χ0) is 15.3. The molecular weight excluding hydrogens is 308 g/mol. The zero-order valence-electron chi connectivity index (χ0n) is 12.2.